The molecule has 0 saturated heterocycles. The van der Waals surface area contributed by atoms with E-state index in [4.69, 9.17) is 15.2 Å². The van der Waals surface area contributed by atoms with Crippen molar-refractivity contribution in [2.75, 3.05) is 49.8 Å². The van der Waals surface area contributed by atoms with E-state index in [1.807, 2.05) is 6.07 Å². The Bertz CT molecular complexity index is 477. The molecule has 1 aliphatic rings. The van der Waals surface area contributed by atoms with Gasteiger partial charge in [-0.05, 0) is 24.1 Å². The van der Waals surface area contributed by atoms with Crippen molar-refractivity contribution in [1.29, 1.82) is 0 Å². The van der Waals surface area contributed by atoms with Gasteiger partial charge in [-0.1, -0.05) is 0 Å². The number of hydrogen-bond donors (Lipinski definition) is 3. The van der Waals surface area contributed by atoms with Gasteiger partial charge in [0.15, 0.2) is 0 Å². The van der Waals surface area contributed by atoms with E-state index in [0.29, 0.717) is 38.5 Å². The van der Waals surface area contributed by atoms with Gasteiger partial charge in [0.05, 0.1) is 31.2 Å². The van der Waals surface area contributed by atoms with Gasteiger partial charge in [-0.3, -0.25) is 4.79 Å². The van der Waals surface area contributed by atoms with Gasteiger partial charge < -0.3 is 25.8 Å². The van der Waals surface area contributed by atoms with Gasteiger partial charge in [-0.15, -0.1) is 0 Å². The first-order valence-electron chi connectivity index (χ1n) is 6.73. The molecule has 20 heavy (non-hydrogen) atoms. The number of amides is 1. The summed E-state index contributed by atoms with van der Waals surface area (Å²) in [6.07, 6.45) is 1.27. The Morgan fingerprint density at radius 2 is 2.15 bits per heavy atom. The monoisotopic (exact) mass is 279 g/mol. The summed E-state index contributed by atoms with van der Waals surface area (Å²) in [5.74, 6) is 0.0455. The quantitative estimate of drug-likeness (QED) is 0.516. The molecule has 0 aromatic heterocycles. The molecule has 1 heterocycles. The Morgan fingerprint density at radius 3 is 2.95 bits per heavy atom. The van der Waals surface area contributed by atoms with Gasteiger partial charge in [0.25, 0.3) is 0 Å². The summed E-state index contributed by atoms with van der Waals surface area (Å²) < 4.78 is 10.3. The molecule has 0 bridgehead atoms. The van der Waals surface area contributed by atoms with Crippen LogP contribution in [-0.2, 0) is 20.7 Å². The molecule has 0 spiro atoms. The smallest absolute Gasteiger partial charge is 0.224 e. The van der Waals surface area contributed by atoms with Crippen LogP contribution in [0.4, 0.5) is 17.1 Å². The number of fused-ring (bicyclic) bond motifs is 1. The molecule has 0 aliphatic carbocycles. The highest BCUT2D eigenvalue weighted by atomic mass is 16.5. The number of hydrogen-bond acceptors (Lipinski definition) is 5. The van der Waals surface area contributed by atoms with Crippen molar-refractivity contribution < 1.29 is 14.3 Å². The van der Waals surface area contributed by atoms with E-state index in [1.165, 1.54) is 0 Å². The van der Waals surface area contributed by atoms with Gasteiger partial charge in [-0.2, -0.15) is 0 Å². The van der Waals surface area contributed by atoms with E-state index >= 15 is 0 Å². The predicted octanol–water partition coefficient (Wildman–Crippen LogP) is 1.23. The first kappa shape index (κ1) is 14.6. The molecular formula is C14H21N3O3. The fourth-order valence-electron chi connectivity index (χ4n) is 2.10. The lowest BCUT2D eigenvalue weighted by Gasteiger charge is -2.19. The number of carbonyl (C=O) groups is 1. The zero-order valence-electron chi connectivity index (χ0n) is 11.7. The number of ether oxygens (including phenoxy) is 2. The lowest BCUT2D eigenvalue weighted by atomic mass is 10.0. The number of anilines is 3. The number of nitrogen functional groups attached to an aromatic ring is 1. The fourth-order valence-corrected chi connectivity index (χ4v) is 2.10. The highest BCUT2D eigenvalue weighted by molar-refractivity contribution is 5.95. The molecule has 1 aromatic carbocycles. The fraction of sp³-hybridized carbons (Fsp3) is 0.500. The minimum Gasteiger partial charge on any atom is -0.397 e. The molecule has 1 aromatic rings. The molecule has 1 amide bonds. The van der Waals surface area contributed by atoms with E-state index in [9.17, 15) is 4.79 Å². The zero-order chi connectivity index (χ0) is 14.4. The summed E-state index contributed by atoms with van der Waals surface area (Å²) in [6.45, 7) is 2.46. The van der Waals surface area contributed by atoms with Gasteiger partial charge in [0, 0.05) is 25.8 Å². The van der Waals surface area contributed by atoms with E-state index in [-0.39, 0.29) is 5.91 Å². The van der Waals surface area contributed by atoms with E-state index < -0.39 is 0 Å². The summed E-state index contributed by atoms with van der Waals surface area (Å²) in [5.41, 5.74) is 9.42. The van der Waals surface area contributed by atoms with E-state index in [1.54, 1.807) is 13.2 Å². The largest absolute Gasteiger partial charge is 0.397 e. The van der Waals surface area contributed by atoms with Crippen LogP contribution in [0.2, 0.25) is 0 Å². The van der Waals surface area contributed by atoms with Crippen molar-refractivity contribution >= 4 is 23.0 Å². The molecule has 6 heteroatoms. The van der Waals surface area contributed by atoms with Crippen LogP contribution in [0.15, 0.2) is 12.1 Å². The highest BCUT2D eigenvalue weighted by Gasteiger charge is 2.16. The molecule has 1 aliphatic heterocycles. The first-order chi connectivity index (χ1) is 9.70. The maximum atomic E-state index is 11.3. The zero-order valence-corrected chi connectivity index (χ0v) is 11.7. The third-order valence-corrected chi connectivity index (χ3v) is 3.16. The average Bonchev–Trinajstić information content (AvgIpc) is 2.43. The number of methoxy groups -OCH3 is 1. The van der Waals surface area contributed by atoms with Gasteiger partial charge in [0.1, 0.15) is 0 Å². The molecule has 0 atom stereocenters. The molecule has 4 N–H and O–H groups in total. The Labute approximate surface area is 118 Å². The third kappa shape index (κ3) is 3.85. The Balaban J connectivity index is 1.87. The summed E-state index contributed by atoms with van der Waals surface area (Å²) in [6, 6.07) is 3.81. The lowest BCUT2D eigenvalue weighted by molar-refractivity contribution is -0.116. The van der Waals surface area contributed by atoms with Gasteiger partial charge in [-0.25, -0.2) is 0 Å². The number of rotatable bonds is 7. The normalized spacial score (nSPS) is 13.8. The molecule has 2 rings (SSSR count). The Hall–Kier alpha value is -1.79. The lowest BCUT2D eigenvalue weighted by Crippen LogP contribution is -2.20. The SMILES string of the molecule is COCCOCCNc1cc2c(cc1N)NC(=O)CC2. The standard InChI is InChI=1S/C14H21N3O3/c1-19-6-7-20-5-4-16-13-8-10-2-3-14(18)17-12(10)9-11(13)15/h8-9,16H,2-7,15H2,1H3,(H,17,18). The summed E-state index contributed by atoms with van der Waals surface area (Å²) in [5, 5.41) is 6.08. The van der Waals surface area contributed by atoms with Crippen LogP contribution in [-0.4, -0.2) is 39.4 Å². The highest BCUT2D eigenvalue weighted by Crippen LogP contribution is 2.30. The van der Waals surface area contributed by atoms with Crippen molar-refractivity contribution in [1.82, 2.24) is 0 Å². The van der Waals surface area contributed by atoms with E-state index in [0.717, 1.165) is 23.4 Å². The Kier molecular flexibility index (Phi) is 5.20. The maximum absolute atomic E-state index is 11.3. The second kappa shape index (κ2) is 7.12. The van der Waals surface area contributed by atoms with Crippen molar-refractivity contribution in [2.24, 2.45) is 0 Å². The van der Waals surface area contributed by atoms with Crippen LogP contribution in [0.5, 0.6) is 0 Å². The van der Waals surface area contributed by atoms with Gasteiger partial charge in [0.2, 0.25) is 5.91 Å². The predicted molar refractivity (Wildman–Crippen MR) is 79.0 cm³/mol. The second-order valence-electron chi connectivity index (χ2n) is 4.68. The maximum Gasteiger partial charge on any atom is 0.224 e. The minimum absolute atomic E-state index is 0.0455. The number of nitrogens with two attached hydrogens (primary N) is 1. The molecule has 110 valence electrons. The van der Waals surface area contributed by atoms with Crippen LogP contribution < -0.4 is 16.4 Å². The van der Waals surface area contributed by atoms with Crippen molar-refractivity contribution in [3.8, 4) is 0 Å². The summed E-state index contributed by atoms with van der Waals surface area (Å²) in [4.78, 5) is 11.3. The first-order valence-corrected chi connectivity index (χ1v) is 6.73. The third-order valence-electron chi connectivity index (χ3n) is 3.16. The molecule has 0 radical (unpaired) electrons. The molecule has 0 unspecified atom stereocenters. The van der Waals surface area contributed by atoms with E-state index in [2.05, 4.69) is 10.6 Å². The average molecular weight is 279 g/mol. The van der Waals surface area contributed by atoms with Crippen molar-refractivity contribution in [3.05, 3.63) is 17.7 Å². The van der Waals surface area contributed by atoms with Crippen LogP contribution in [0, 0.1) is 0 Å². The molecular weight excluding hydrogens is 258 g/mol. The second-order valence-corrected chi connectivity index (χ2v) is 4.68. The summed E-state index contributed by atoms with van der Waals surface area (Å²) >= 11 is 0. The Morgan fingerprint density at radius 1 is 1.30 bits per heavy atom. The van der Waals surface area contributed by atoms with Crippen LogP contribution >= 0.6 is 0 Å². The van der Waals surface area contributed by atoms with Crippen molar-refractivity contribution in [2.45, 2.75) is 12.8 Å². The van der Waals surface area contributed by atoms with Crippen LogP contribution in [0.25, 0.3) is 0 Å². The molecule has 0 saturated carbocycles. The molecule has 0 fully saturated rings. The number of benzene rings is 1. The van der Waals surface area contributed by atoms with Crippen LogP contribution in [0.1, 0.15) is 12.0 Å². The van der Waals surface area contributed by atoms with Gasteiger partial charge >= 0.3 is 0 Å². The number of carbonyl (C=O) groups excluding carboxylic acids is 1. The topological polar surface area (TPSA) is 85.6 Å². The molecule has 6 nitrogen and oxygen atoms in total. The minimum atomic E-state index is 0.0455. The summed E-state index contributed by atoms with van der Waals surface area (Å²) in [7, 11) is 1.65. The van der Waals surface area contributed by atoms with Crippen molar-refractivity contribution in [3.63, 3.8) is 0 Å². The number of aryl methyl sites for hydroxylation is 1. The van der Waals surface area contributed by atoms with Crippen LogP contribution in [0.3, 0.4) is 0 Å². The number of nitrogens with one attached hydrogen (secondary N) is 2.